The van der Waals surface area contributed by atoms with Gasteiger partial charge in [-0.15, -0.1) is 0 Å². The molecule has 1 aromatic heterocycles. The molecule has 2 aliphatic heterocycles. The number of benzene rings is 2. The zero-order valence-corrected chi connectivity index (χ0v) is 18.8. The van der Waals surface area contributed by atoms with Gasteiger partial charge in [-0.25, -0.2) is 4.90 Å². The molecule has 2 aromatic carbocycles. The Morgan fingerprint density at radius 2 is 1.85 bits per heavy atom. The number of aryl methyl sites for hydroxylation is 1. The highest BCUT2D eigenvalue weighted by Crippen LogP contribution is 2.34. The van der Waals surface area contributed by atoms with Crippen molar-refractivity contribution >= 4 is 17.5 Å². The second kappa shape index (κ2) is 8.58. The molecule has 11 heteroatoms. The lowest BCUT2D eigenvalue weighted by Crippen LogP contribution is -2.39. The Labute approximate surface area is 194 Å². The number of hydrogen-bond donors (Lipinski definition) is 0. The largest absolute Gasteiger partial charge is 0.493 e. The molecule has 34 heavy (non-hydrogen) atoms. The van der Waals surface area contributed by atoms with Crippen LogP contribution in [-0.2, 0) is 16.1 Å². The Bertz CT molecular complexity index is 1270. The zero-order valence-electron chi connectivity index (χ0n) is 18.8. The van der Waals surface area contributed by atoms with Crippen LogP contribution in [0.1, 0.15) is 18.4 Å². The highest BCUT2D eigenvalue weighted by atomic mass is 16.5. The smallest absolute Gasteiger partial charge is 0.263 e. The van der Waals surface area contributed by atoms with Gasteiger partial charge in [0.1, 0.15) is 6.54 Å². The number of amides is 2. The minimum absolute atomic E-state index is 0.0343. The molecular formula is C23H22N6O5. The molecule has 0 spiro atoms. The number of aromatic nitrogens is 2. The average Bonchev–Trinajstić information content (AvgIpc) is 3.53. The Hall–Kier alpha value is -4.28. The lowest BCUT2D eigenvalue weighted by Gasteiger charge is -2.19. The monoisotopic (exact) mass is 462 g/mol. The maximum Gasteiger partial charge on any atom is 0.263 e. The number of fused-ring (bicyclic) bond motifs is 1. The van der Waals surface area contributed by atoms with Crippen LogP contribution in [0.2, 0.25) is 0 Å². The van der Waals surface area contributed by atoms with E-state index >= 15 is 0 Å². The van der Waals surface area contributed by atoms with Crippen molar-refractivity contribution in [2.75, 3.05) is 18.6 Å². The molecule has 0 saturated carbocycles. The third-order valence-corrected chi connectivity index (χ3v) is 5.64. The Kier molecular flexibility index (Phi) is 5.44. The SMILES string of the molecule is CCOc1ccc(-c2noc(CN3N=N[C@H]4C(=O)N(c5ccc(C)cc5)C(=O)[C@H]43)n2)cc1OC. The van der Waals surface area contributed by atoms with Crippen LogP contribution < -0.4 is 14.4 Å². The van der Waals surface area contributed by atoms with Crippen LogP contribution in [0.5, 0.6) is 11.5 Å². The van der Waals surface area contributed by atoms with Gasteiger partial charge in [0.15, 0.2) is 23.6 Å². The molecule has 0 bridgehead atoms. The summed E-state index contributed by atoms with van der Waals surface area (Å²) in [6, 6.07) is 10.7. The molecule has 2 atom stereocenters. The minimum atomic E-state index is -0.897. The summed E-state index contributed by atoms with van der Waals surface area (Å²) in [6.07, 6.45) is 0. The van der Waals surface area contributed by atoms with E-state index in [0.717, 1.165) is 10.5 Å². The molecule has 1 fully saturated rings. The number of nitrogens with zero attached hydrogens (tertiary/aromatic N) is 6. The number of anilines is 1. The topological polar surface area (TPSA) is 123 Å². The maximum absolute atomic E-state index is 13.1. The van der Waals surface area contributed by atoms with E-state index in [-0.39, 0.29) is 18.3 Å². The van der Waals surface area contributed by atoms with E-state index in [1.165, 1.54) is 5.01 Å². The first kappa shape index (κ1) is 21.6. The van der Waals surface area contributed by atoms with Crippen LogP contribution in [0.3, 0.4) is 0 Å². The van der Waals surface area contributed by atoms with E-state index in [9.17, 15) is 9.59 Å². The van der Waals surface area contributed by atoms with Gasteiger partial charge >= 0.3 is 0 Å². The Balaban J connectivity index is 1.34. The number of carbonyl (C=O) groups is 2. The number of ether oxygens (including phenoxy) is 2. The van der Waals surface area contributed by atoms with Gasteiger partial charge in [0.25, 0.3) is 11.8 Å². The zero-order chi connectivity index (χ0) is 23.8. The van der Waals surface area contributed by atoms with Crippen LogP contribution in [0.25, 0.3) is 11.4 Å². The number of methoxy groups -OCH3 is 1. The number of rotatable bonds is 7. The second-order valence-corrected chi connectivity index (χ2v) is 7.85. The predicted octanol–water partition coefficient (Wildman–Crippen LogP) is 2.95. The molecular weight excluding hydrogens is 440 g/mol. The highest BCUT2D eigenvalue weighted by molar-refractivity contribution is 6.25. The van der Waals surface area contributed by atoms with Gasteiger partial charge in [-0.3, -0.25) is 14.6 Å². The molecule has 2 amide bonds. The van der Waals surface area contributed by atoms with E-state index in [0.29, 0.717) is 35.2 Å². The molecule has 0 radical (unpaired) electrons. The van der Waals surface area contributed by atoms with Crippen molar-refractivity contribution in [1.82, 2.24) is 15.1 Å². The number of hydrogen-bond acceptors (Lipinski definition) is 10. The Morgan fingerprint density at radius 1 is 1.06 bits per heavy atom. The standard InChI is InChI=1S/C23H22N6O5/c1-4-33-16-10-7-14(11-17(16)32-3)21-24-18(34-26-21)12-28-20-19(25-27-28)22(30)29(23(20)31)15-8-5-13(2)6-9-15/h5-11,19-20H,4,12H2,1-3H3/t19-,20+/m1/s1. The first-order valence-corrected chi connectivity index (χ1v) is 10.8. The molecule has 1 saturated heterocycles. The van der Waals surface area contributed by atoms with E-state index in [1.54, 1.807) is 37.4 Å². The number of imide groups is 1. The fourth-order valence-electron chi connectivity index (χ4n) is 3.96. The van der Waals surface area contributed by atoms with Crippen molar-refractivity contribution in [1.29, 1.82) is 0 Å². The summed E-state index contributed by atoms with van der Waals surface area (Å²) in [4.78, 5) is 31.5. The van der Waals surface area contributed by atoms with Crippen LogP contribution >= 0.6 is 0 Å². The number of carbonyl (C=O) groups excluding carboxylic acids is 2. The van der Waals surface area contributed by atoms with Gasteiger partial charge in [0.2, 0.25) is 11.7 Å². The van der Waals surface area contributed by atoms with Gasteiger partial charge in [0, 0.05) is 5.56 Å². The van der Waals surface area contributed by atoms with Crippen molar-refractivity contribution in [3.63, 3.8) is 0 Å². The van der Waals surface area contributed by atoms with Crippen molar-refractivity contribution < 1.29 is 23.6 Å². The summed E-state index contributed by atoms with van der Waals surface area (Å²) in [6.45, 7) is 4.37. The van der Waals surface area contributed by atoms with Gasteiger partial charge in [-0.1, -0.05) is 28.1 Å². The third-order valence-electron chi connectivity index (χ3n) is 5.64. The van der Waals surface area contributed by atoms with Gasteiger partial charge < -0.3 is 14.0 Å². The summed E-state index contributed by atoms with van der Waals surface area (Å²) >= 11 is 0. The summed E-state index contributed by atoms with van der Waals surface area (Å²) < 4.78 is 16.3. The van der Waals surface area contributed by atoms with Gasteiger partial charge in [-0.05, 0) is 44.2 Å². The van der Waals surface area contributed by atoms with Crippen LogP contribution in [0, 0.1) is 6.92 Å². The normalized spacial score (nSPS) is 19.1. The lowest BCUT2D eigenvalue weighted by atomic mass is 10.1. The lowest BCUT2D eigenvalue weighted by molar-refractivity contribution is -0.123. The van der Waals surface area contributed by atoms with E-state index in [4.69, 9.17) is 14.0 Å². The molecule has 11 nitrogen and oxygen atoms in total. The summed E-state index contributed by atoms with van der Waals surface area (Å²) in [5.74, 6) is 0.949. The molecule has 5 rings (SSSR count). The van der Waals surface area contributed by atoms with Gasteiger partial charge in [-0.2, -0.15) is 10.1 Å². The fraction of sp³-hybridized carbons (Fsp3) is 0.304. The first-order valence-electron chi connectivity index (χ1n) is 10.8. The Morgan fingerprint density at radius 3 is 2.59 bits per heavy atom. The van der Waals surface area contributed by atoms with Gasteiger partial charge in [0.05, 0.1) is 19.4 Å². The third kappa shape index (κ3) is 3.64. The van der Waals surface area contributed by atoms with E-state index in [1.807, 2.05) is 26.0 Å². The van der Waals surface area contributed by atoms with Crippen molar-refractivity contribution in [2.45, 2.75) is 32.5 Å². The molecule has 0 N–H and O–H groups in total. The first-order chi connectivity index (χ1) is 16.5. The van der Waals surface area contributed by atoms with Crippen molar-refractivity contribution in [3.05, 3.63) is 53.9 Å². The summed E-state index contributed by atoms with van der Waals surface area (Å²) in [5.41, 5.74) is 2.21. The average molecular weight is 462 g/mol. The van der Waals surface area contributed by atoms with Crippen LogP contribution in [0.4, 0.5) is 5.69 Å². The fourth-order valence-corrected chi connectivity index (χ4v) is 3.96. The van der Waals surface area contributed by atoms with Crippen LogP contribution in [-0.4, -0.2) is 52.8 Å². The second-order valence-electron chi connectivity index (χ2n) is 7.85. The van der Waals surface area contributed by atoms with Crippen LogP contribution in [0.15, 0.2) is 57.3 Å². The molecule has 174 valence electrons. The summed E-state index contributed by atoms with van der Waals surface area (Å²) in [7, 11) is 1.55. The van der Waals surface area contributed by atoms with Crippen molar-refractivity contribution in [2.24, 2.45) is 10.3 Å². The molecule has 3 aromatic rings. The molecule has 3 heterocycles. The van der Waals surface area contributed by atoms with E-state index < -0.39 is 18.0 Å². The highest BCUT2D eigenvalue weighted by Gasteiger charge is 2.55. The maximum atomic E-state index is 13.1. The molecule has 2 aliphatic rings. The molecule has 0 aliphatic carbocycles. The minimum Gasteiger partial charge on any atom is -0.493 e. The summed E-state index contributed by atoms with van der Waals surface area (Å²) in [5, 5.41) is 13.5. The van der Waals surface area contributed by atoms with Crippen molar-refractivity contribution in [3.8, 4) is 22.9 Å². The molecule has 0 unspecified atom stereocenters. The quantitative estimate of drug-likeness (QED) is 0.491. The predicted molar refractivity (Wildman–Crippen MR) is 119 cm³/mol. The van der Waals surface area contributed by atoms with E-state index in [2.05, 4.69) is 20.5 Å².